The van der Waals surface area contributed by atoms with Gasteiger partial charge in [-0.3, -0.25) is 9.78 Å². The first kappa shape index (κ1) is 15.3. The number of amides is 1. The number of rotatable bonds is 3. The van der Waals surface area contributed by atoms with Gasteiger partial charge in [-0.15, -0.1) is 0 Å². The highest BCUT2D eigenvalue weighted by Gasteiger charge is 2.34. The van der Waals surface area contributed by atoms with Gasteiger partial charge in [0.15, 0.2) is 0 Å². The molecule has 0 aliphatic carbocycles. The van der Waals surface area contributed by atoms with Crippen molar-refractivity contribution in [1.82, 2.24) is 15.6 Å². The maximum absolute atomic E-state index is 12.6. The number of hydrogen-bond donors (Lipinski definition) is 2. The SMILES string of the molecule is Cc1ccc(-c2cncc(C(=O)NC3CC4CCC(C3)N4)c2)cc1. The van der Waals surface area contributed by atoms with Crippen molar-refractivity contribution in [3.05, 3.63) is 53.9 Å². The molecule has 0 spiro atoms. The maximum Gasteiger partial charge on any atom is 0.253 e. The van der Waals surface area contributed by atoms with E-state index in [-0.39, 0.29) is 11.9 Å². The van der Waals surface area contributed by atoms with Crippen LogP contribution < -0.4 is 10.6 Å². The highest BCUT2D eigenvalue weighted by molar-refractivity contribution is 5.95. The number of pyridine rings is 1. The van der Waals surface area contributed by atoms with E-state index in [0.717, 1.165) is 24.0 Å². The van der Waals surface area contributed by atoms with Crippen LogP contribution in [0.25, 0.3) is 11.1 Å². The lowest BCUT2D eigenvalue weighted by Gasteiger charge is -2.29. The first-order valence-electron chi connectivity index (χ1n) is 8.76. The van der Waals surface area contributed by atoms with Gasteiger partial charge in [0.2, 0.25) is 0 Å². The maximum atomic E-state index is 12.6. The Hall–Kier alpha value is -2.20. The van der Waals surface area contributed by atoms with Crippen molar-refractivity contribution in [2.75, 3.05) is 0 Å². The van der Waals surface area contributed by atoms with Crippen molar-refractivity contribution in [3.8, 4) is 11.1 Å². The second-order valence-corrected chi connectivity index (χ2v) is 7.11. The molecule has 4 rings (SSSR count). The molecule has 2 fully saturated rings. The zero-order valence-electron chi connectivity index (χ0n) is 14.0. The molecule has 0 saturated carbocycles. The number of fused-ring (bicyclic) bond motifs is 2. The number of piperidine rings is 1. The molecule has 2 bridgehead atoms. The van der Waals surface area contributed by atoms with Crippen molar-refractivity contribution in [2.24, 2.45) is 0 Å². The van der Waals surface area contributed by atoms with E-state index in [4.69, 9.17) is 0 Å². The Bertz CT molecular complexity index is 729. The fourth-order valence-electron chi connectivity index (χ4n) is 3.91. The molecular formula is C20H23N3O. The van der Waals surface area contributed by atoms with Crippen molar-refractivity contribution in [3.63, 3.8) is 0 Å². The molecule has 1 aromatic carbocycles. The molecule has 2 aliphatic heterocycles. The largest absolute Gasteiger partial charge is 0.349 e. The molecule has 2 unspecified atom stereocenters. The van der Waals surface area contributed by atoms with Gasteiger partial charge in [-0.25, -0.2) is 0 Å². The molecule has 2 aliphatic rings. The molecule has 24 heavy (non-hydrogen) atoms. The molecule has 1 amide bonds. The third kappa shape index (κ3) is 3.20. The smallest absolute Gasteiger partial charge is 0.253 e. The normalized spacial score (nSPS) is 25.5. The van der Waals surface area contributed by atoms with Crippen LogP contribution in [0, 0.1) is 6.92 Å². The van der Waals surface area contributed by atoms with Crippen LogP contribution in [0.5, 0.6) is 0 Å². The number of aryl methyl sites for hydroxylation is 1. The summed E-state index contributed by atoms with van der Waals surface area (Å²) in [6, 6.07) is 11.6. The van der Waals surface area contributed by atoms with Crippen LogP contribution in [-0.4, -0.2) is 29.0 Å². The van der Waals surface area contributed by atoms with Gasteiger partial charge >= 0.3 is 0 Å². The van der Waals surface area contributed by atoms with Gasteiger partial charge in [0.25, 0.3) is 5.91 Å². The van der Waals surface area contributed by atoms with Crippen molar-refractivity contribution < 1.29 is 4.79 Å². The second-order valence-electron chi connectivity index (χ2n) is 7.11. The first-order chi connectivity index (χ1) is 11.7. The Morgan fingerprint density at radius 2 is 1.79 bits per heavy atom. The molecule has 2 aromatic rings. The molecule has 0 radical (unpaired) electrons. The lowest BCUT2D eigenvalue weighted by atomic mass is 9.99. The summed E-state index contributed by atoms with van der Waals surface area (Å²) in [4.78, 5) is 16.9. The number of carbonyl (C=O) groups is 1. The molecule has 1 aromatic heterocycles. The predicted octanol–water partition coefficient (Wildman–Crippen LogP) is 3.07. The summed E-state index contributed by atoms with van der Waals surface area (Å²) in [6.07, 6.45) is 8.01. The summed E-state index contributed by atoms with van der Waals surface area (Å²) in [7, 11) is 0. The van der Waals surface area contributed by atoms with Crippen LogP contribution >= 0.6 is 0 Å². The van der Waals surface area contributed by atoms with Crippen LogP contribution in [0.1, 0.15) is 41.6 Å². The number of hydrogen-bond acceptors (Lipinski definition) is 3. The van der Waals surface area contributed by atoms with Gasteiger partial charge in [0.1, 0.15) is 0 Å². The predicted molar refractivity (Wildman–Crippen MR) is 94.8 cm³/mol. The topological polar surface area (TPSA) is 54.0 Å². The summed E-state index contributed by atoms with van der Waals surface area (Å²) in [5.74, 6) is -0.0113. The monoisotopic (exact) mass is 321 g/mol. The van der Waals surface area contributed by atoms with Gasteiger partial charge in [-0.1, -0.05) is 29.8 Å². The average molecular weight is 321 g/mol. The van der Waals surface area contributed by atoms with E-state index in [2.05, 4.69) is 46.8 Å². The Morgan fingerprint density at radius 3 is 2.50 bits per heavy atom. The average Bonchev–Trinajstić information content (AvgIpc) is 2.94. The second kappa shape index (κ2) is 6.36. The fourth-order valence-corrected chi connectivity index (χ4v) is 3.91. The zero-order valence-corrected chi connectivity index (χ0v) is 14.0. The minimum atomic E-state index is -0.0113. The molecule has 2 saturated heterocycles. The van der Waals surface area contributed by atoms with Gasteiger partial charge in [-0.2, -0.15) is 0 Å². The minimum absolute atomic E-state index is 0.0113. The van der Waals surface area contributed by atoms with E-state index >= 15 is 0 Å². The number of aromatic nitrogens is 1. The molecule has 3 heterocycles. The zero-order chi connectivity index (χ0) is 16.5. The van der Waals surface area contributed by atoms with Crippen molar-refractivity contribution >= 4 is 5.91 Å². The van der Waals surface area contributed by atoms with E-state index in [0.29, 0.717) is 17.6 Å². The quantitative estimate of drug-likeness (QED) is 0.913. The Balaban J connectivity index is 1.48. The highest BCUT2D eigenvalue weighted by Crippen LogP contribution is 2.27. The molecule has 4 heteroatoms. The summed E-state index contributed by atoms with van der Waals surface area (Å²) < 4.78 is 0. The van der Waals surface area contributed by atoms with E-state index in [1.807, 2.05) is 12.3 Å². The summed E-state index contributed by atoms with van der Waals surface area (Å²) in [5, 5.41) is 6.81. The Kier molecular flexibility index (Phi) is 4.07. The lowest BCUT2D eigenvalue weighted by Crippen LogP contribution is -2.48. The summed E-state index contributed by atoms with van der Waals surface area (Å²) in [5.41, 5.74) is 3.93. The molecule has 4 nitrogen and oxygen atoms in total. The van der Waals surface area contributed by atoms with E-state index in [1.54, 1.807) is 6.20 Å². The Labute approximate surface area is 142 Å². The first-order valence-corrected chi connectivity index (χ1v) is 8.76. The molecule has 2 N–H and O–H groups in total. The highest BCUT2D eigenvalue weighted by atomic mass is 16.1. The number of benzene rings is 1. The summed E-state index contributed by atoms with van der Waals surface area (Å²) in [6.45, 7) is 2.07. The van der Waals surface area contributed by atoms with Gasteiger partial charge < -0.3 is 10.6 Å². The molecule has 2 atom stereocenters. The third-order valence-electron chi connectivity index (χ3n) is 5.19. The number of nitrogens with zero attached hydrogens (tertiary/aromatic N) is 1. The summed E-state index contributed by atoms with van der Waals surface area (Å²) >= 11 is 0. The third-order valence-corrected chi connectivity index (χ3v) is 5.19. The van der Waals surface area contributed by atoms with Crippen molar-refractivity contribution in [2.45, 2.75) is 50.7 Å². The van der Waals surface area contributed by atoms with Crippen LogP contribution in [0.15, 0.2) is 42.7 Å². The Morgan fingerprint density at radius 1 is 1.08 bits per heavy atom. The molecule has 124 valence electrons. The lowest BCUT2D eigenvalue weighted by molar-refractivity contribution is 0.0923. The molecular weight excluding hydrogens is 298 g/mol. The number of nitrogens with one attached hydrogen (secondary N) is 2. The van der Waals surface area contributed by atoms with Crippen LogP contribution in [0.4, 0.5) is 0 Å². The van der Waals surface area contributed by atoms with E-state index in [9.17, 15) is 4.79 Å². The van der Waals surface area contributed by atoms with Crippen LogP contribution in [-0.2, 0) is 0 Å². The van der Waals surface area contributed by atoms with Gasteiger partial charge in [-0.05, 0) is 44.2 Å². The fraction of sp³-hybridized carbons (Fsp3) is 0.400. The van der Waals surface area contributed by atoms with E-state index in [1.165, 1.54) is 18.4 Å². The standard InChI is InChI=1S/C20H23N3O/c1-13-2-4-14(5-3-13)15-8-16(12-21-11-15)20(24)23-19-9-17-6-7-18(10-19)22-17/h2-5,8,11-12,17-19,22H,6-7,9-10H2,1H3,(H,23,24). The van der Waals surface area contributed by atoms with Crippen LogP contribution in [0.2, 0.25) is 0 Å². The van der Waals surface area contributed by atoms with Gasteiger partial charge in [0, 0.05) is 36.1 Å². The van der Waals surface area contributed by atoms with E-state index < -0.39 is 0 Å². The van der Waals surface area contributed by atoms with Crippen LogP contribution in [0.3, 0.4) is 0 Å². The van der Waals surface area contributed by atoms with Gasteiger partial charge in [0.05, 0.1) is 5.56 Å². The van der Waals surface area contributed by atoms with Crippen molar-refractivity contribution in [1.29, 1.82) is 0 Å². The minimum Gasteiger partial charge on any atom is -0.349 e. The number of carbonyl (C=O) groups excluding carboxylic acids is 1.